The second kappa shape index (κ2) is 8.44. The lowest BCUT2D eigenvalue weighted by Gasteiger charge is -2.23. The highest BCUT2D eigenvalue weighted by Gasteiger charge is 2.27. The Morgan fingerprint density at radius 2 is 1.79 bits per heavy atom. The molecule has 1 fully saturated rings. The summed E-state index contributed by atoms with van der Waals surface area (Å²) in [5.41, 5.74) is 2.19. The number of methoxy groups -OCH3 is 1. The number of aromatic nitrogens is 2. The third-order valence-corrected chi connectivity index (χ3v) is 5.08. The van der Waals surface area contributed by atoms with Crippen LogP contribution in [-0.2, 0) is 6.54 Å². The van der Waals surface area contributed by atoms with Crippen LogP contribution in [0.2, 0.25) is 0 Å². The number of likely N-dealkylation sites (tertiary alicyclic amines) is 1. The van der Waals surface area contributed by atoms with E-state index in [0.717, 1.165) is 36.4 Å². The molecule has 4 rings (SSSR count). The van der Waals surface area contributed by atoms with Gasteiger partial charge in [-0.2, -0.15) is 0 Å². The van der Waals surface area contributed by atoms with E-state index in [2.05, 4.69) is 27.2 Å². The Balaban J connectivity index is 1.45. The number of ether oxygens (including phenoxy) is 2. The Labute approximate surface area is 165 Å². The molecule has 0 saturated carbocycles. The topological polar surface area (TPSA) is 60.6 Å². The van der Waals surface area contributed by atoms with E-state index in [0.29, 0.717) is 31.0 Å². The fourth-order valence-corrected chi connectivity index (χ4v) is 3.69. The molecule has 6 nitrogen and oxygen atoms in total. The summed E-state index contributed by atoms with van der Waals surface area (Å²) in [6.45, 7) is 4.36. The Hall–Kier alpha value is -2.86. The summed E-state index contributed by atoms with van der Waals surface area (Å²) in [7, 11) is 1.65. The van der Waals surface area contributed by atoms with Gasteiger partial charge in [0.2, 0.25) is 11.8 Å². The van der Waals surface area contributed by atoms with Crippen LogP contribution in [0.3, 0.4) is 0 Å². The van der Waals surface area contributed by atoms with Crippen molar-refractivity contribution in [3.63, 3.8) is 0 Å². The molecule has 1 atom stereocenters. The van der Waals surface area contributed by atoms with E-state index in [1.165, 1.54) is 5.56 Å². The highest BCUT2D eigenvalue weighted by Crippen LogP contribution is 2.34. The van der Waals surface area contributed by atoms with E-state index in [9.17, 15) is 0 Å². The summed E-state index contributed by atoms with van der Waals surface area (Å²) in [5.74, 6) is 2.90. The first-order valence-electron chi connectivity index (χ1n) is 9.70. The van der Waals surface area contributed by atoms with Crippen molar-refractivity contribution in [3.05, 3.63) is 60.0 Å². The predicted octanol–water partition coefficient (Wildman–Crippen LogP) is 4.48. The number of nitrogens with zero attached hydrogens (tertiary/aromatic N) is 3. The molecular formula is C22H25N3O3. The van der Waals surface area contributed by atoms with Gasteiger partial charge in [0.05, 0.1) is 20.3 Å². The van der Waals surface area contributed by atoms with Gasteiger partial charge in [-0.3, -0.25) is 4.90 Å². The Bertz CT molecular complexity index is 890. The standard InChI is InChI=1S/C22H25N3O3/c1-3-27-19-12-6-16(7-13-19)20-5-4-14-25(20)15-21-23-24-22(28-21)17-8-10-18(26-2)11-9-17/h6-13,20H,3-5,14-15H2,1-2H3. The van der Waals surface area contributed by atoms with Gasteiger partial charge in [0, 0.05) is 11.6 Å². The van der Waals surface area contributed by atoms with Crippen molar-refractivity contribution in [1.29, 1.82) is 0 Å². The van der Waals surface area contributed by atoms with E-state index in [-0.39, 0.29) is 0 Å². The van der Waals surface area contributed by atoms with Crippen molar-refractivity contribution < 1.29 is 13.9 Å². The van der Waals surface area contributed by atoms with Gasteiger partial charge >= 0.3 is 0 Å². The van der Waals surface area contributed by atoms with Crippen molar-refractivity contribution in [2.24, 2.45) is 0 Å². The molecule has 1 unspecified atom stereocenters. The van der Waals surface area contributed by atoms with E-state index < -0.39 is 0 Å². The SMILES string of the molecule is CCOc1ccc(C2CCCN2Cc2nnc(-c3ccc(OC)cc3)o2)cc1. The first kappa shape index (κ1) is 18.5. The molecule has 0 N–H and O–H groups in total. The summed E-state index contributed by atoms with van der Waals surface area (Å²) in [4.78, 5) is 2.40. The van der Waals surface area contributed by atoms with Gasteiger partial charge in [-0.1, -0.05) is 12.1 Å². The molecule has 0 amide bonds. The molecule has 2 aromatic carbocycles. The van der Waals surface area contributed by atoms with Gasteiger partial charge in [-0.05, 0) is 68.3 Å². The van der Waals surface area contributed by atoms with Gasteiger partial charge in [0.25, 0.3) is 0 Å². The van der Waals surface area contributed by atoms with Crippen molar-refractivity contribution in [1.82, 2.24) is 15.1 Å². The number of rotatable bonds is 7. The molecule has 0 spiro atoms. The van der Waals surface area contributed by atoms with Gasteiger partial charge in [-0.15, -0.1) is 10.2 Å². The highest BCUT2D eigenvalue weighted by molar-refractivity contribution is 5.53. The van der Waals surface area contributed by atoms with Crippen LogP contribution in [0.25, 0.3) is 11.5 Å². The van der Waals surface area contributed by atoms with Crippen LogP contribution in [0.15, 0.2) is 52.9 Å². The van der Waals surface area contributed by atoms with E-state index in [4.69, 9.17) is 13.9 Å². The summed E-state index contributed by atoms with van der Waals surface area (Å²) in [5, 5.41) is 8.47. The zero-order valence-corrected chi connectivity index (χ0v) is 16.3. The molecule has 6 heteroatoms. The normalized spacial score (nSPS) is 17.0. The number of benzene rings is 2. The number of hydrogen-bond donors (Lipinski definition) is 0. The first-order chi connectivity index (χ1) is 13.8. The van der Waals surface area contributed by atoms with Crippen molar-refractivity contribution in [3.8, 4) is 23.0 Å². The second-order valence-corrected chi connectivity index (χ2v) is 6.86. The smallest absolute Gasteiger partial charge is 0.247 e. The zero-order chi connectivity index (χ0) is 19.3. The third-order valence-electron chi connectivity index (χ3n) is 5.08. The molecule has 146 valence electrons. The fraction of sp³-hybridized carbons (Fsp3) is 0.364. The van der Waals surface area contributed by atoms with Gasteiger partial charge in [0.1, 0.15) is 11.5 Å². The molecule has 0 aliphatic carbocycles. The fourth-order valence-electron chi connectivity index (χ4n) is 3.69. The summed E-state index contributed by atoms with van der Waals surface area (Å²) in [6, 6.07) is 16.4. The maximum absolute atomic E-state index is 5.92. The Morgan fingerprint density at radius 3 is 2.50 bits per heavy atom. The average molecular weight is 379 g/mol. The maximum atomic E-state index is 5.92. The molecule has 1 saturated heterocycles. The largest absolute Gasteiger partial charge is 0.497 e. The summed E-state index contributed by atoms with van der Waals surface area (Å²) < 4.78 is 16.7. The van der Waals surface area contributed by atoms with Gasteiger partial charge < -0.3 is 13.9 Å². The first-order valence-corrected chi connectivity index (χ1v) is 9.70. The molecule has 3 aromatic rings. The Morgan fingerprint density at radius 1 is 1.04 bits per heavy atom. The minimum absolute atomic E-state index is 0.368. The van der Waals surface area contributed by atoms with Crippen molar-refractivity contribution >= 4 is 0 Å². The van der Waals surface area contributed by atoms with E-state index >= 15 is 0 Å². The minimum atomic E-state index is 0.368. The molecule has 0 radical (unpaired) electrons. The van der Waals surface area contributed by atoms with Gasteiger partial charge in [-0.25, -0.2) is 0 Å². The van der Waals surface area contributed by atoms with Gasteiger partial charge in [0.15, 0.2) is 0 Å². The zero-order valence-electron chi connectivity index (χ0n) is 16.3. The van der Waals surface area contributed by atoms with Crippen LogP contribution in [-0.4, -0.2) is 35.4 Å². The van der Waals surface area contributed by atoms with Crippen LogP contribution in [0.1, 0.15) is 37.3 Å². The summed E-state index contributed by atoms with van der Waals surface area (Å²) in [6.07, 6.45) is 2.30. The van der Waals surface area contributed by atoms with Crippen LogP contribution >= 0.6 is 0 Å². The lowest BCUT2D eigenvalue weighted by molar-refractivity contribution is 0.224. The predicted molar refractivity (Wildman–Crippen MR) is 106 cm³/mol. The average Bonchev–Trinajstić information content (AvgIpc) is 3.39. The molecule has 1 aliphatic rings. The lowest BCUT2D eigenvalue weighted by atomic mass is 10.0. The van der Waals surface area contributed by atoms with Crippen molar-refractivity contribution in [2.45, 2.75) is 32.4 Å². The molecule has 0 bridgehead atoms. The maximum Gasteiger partial charge on any atom is 0.247 e. The molecule has 1 aromatic heterocycles. The third kappa shape index (κ3) is 4.02. The highest BCUT2D eigenvalue weighted by atomic mass is 16.5. The monoisotopic (exact) mass is 379 g/mol. The Kier molecular flexibility index (Phi) is 5.58. The number of hydrogen-bond acceptors (Lipinski definition) is 6. The lowest BCUT2D eigenvalue weighted by Crippen LogP contribution is -2.22. The van der Waals surface area contributed by atoms with Crippen LogP contribution in [0, 0.1) is 0 Å². The molecular weight excluding hydrogens is 354 g/mol. The van der Waals surface area contributed by atoms with Crippen LogP contribution < -0.4 is 9.47 Å². The summed E-state index contributed by atoms with van der Waals surface area (Å²) >= 11 is 0. The van der Waals surface area contributed by atoms with E-state index in [1.807, 2.05) is 43.3 Å². The quantitative estimate of drug-likeness (QED) is 0.603. The van der Waals surface area contributed by atoms with Crippen molar-refractivity contribution in [2.75, 3.05) is 20.3 Å². The minimum Gasteiger partial charge on any atom is -0.497 e. The second-order valence-electron chi connectivity index (χ2n) is 6.86. The molecule has 28 heavy (non-hydrogen) atoms. The molecule has 2 heterocycles. The van der Waals surface area contributed by atoms with E-state index in [1.54, 1.807) is 7.11 Å². The van der Waals surface area contributed by atoms with Crippen LogP contribution in [0.5, 0.6) is 11.5 Å². The van der Waals surface area contributed by atoms with Crippen LogP contribution in [0.4, 0.5) is 0 Å². The molecule has 1 aliphatic heterocycles.